The number of thiophene rings is 1. The second kappa shape index (κ2) is 6.57. The standard InChI is InChI=1S/C15H19NOS/c1-12(14-8-10-18-11-14)16-9-7-13-5-3-4-6-15(13)17-2/h3-6,8,10-12,16H,7,9H2,1-2H3. The molecule has 3 heteroatoms. The lowest BCUT2D eigenvalue weighted by atomic mass is 10.1. The first kappa shape index (κ1) is 13.1. The molecule has 1 heterocycles. The van der Waals surface area contributed by atoms with Crippen LogP contribution < -0.4 is 10.1 Å². The Balaban J connectivity index is 1.85. The predicted octanol–water partition coefficient (Wildman–Crippen LogP) is 3.65. The molecule has 0 aliphatic rings. The molecule has 2 rings (SSSR count). The third kappa shape index (κ3) is 3.34. The summed E-state index contributed by atoms with van der Waals surface area (Å²) in [4.78, 5) is 0. The van der Waals surface area contributed by atoms with Crippen LogP contribution in [0.15, 0.2) is 41.1 Å². The van der Waals surface area contributed by atoms with Gasteiger partial charge in [0.15, 0.2) is 0 Å². The predicted molar refractivity (Wildman–Crippen MR) is 77.4 cm³/mol. The zero-order chi connectivity index (χ0) is 12.8. The van der Waals surface area contributed by atoms with Crippen LogP contribution in [0.2, 0.25) is 0 Å². The van der Waals surface area contributed by atoms with E-state index in [2.05, 4.69) is 41.2 Å². The topological polar surface area (TPSA) is 21.3 Å². The van der Waals surface area contributed by atoms with Gasteiger partial charge in [-0.2, -0.15) is 11.3 Å². The summed E-state index contributed by atoms with van der Waals surface area (Å²) in [5.74, 6) is 0.975. The van der Waals surface area contributed by atoms with Crippen LogP contribution in [-0.2, 0) is 6.42 Å². The fourth-order valence-electron chi connectivity index (χ4n) is 1.97. The molecule has 0 spiro atoms. The van der Waals surface area contributed by atoms with E-state index in [1.807, 2.05) is 12.1 Å². The van der Waals surface area contributed by atoms with E-state index in [0.29, 0.717) is 6.04 Å². The third-order valence-electron chi connectivity index (χ3n) is 3.08. The van der Waals surface area contributed by atoms with Crippen LogP contribution in [0.25, 0.3) is 0 Å². The van der Waals surface area contributed by atoms with E-state index in [1.165, 1.54) is 11.1 Å². The van der Waals surface area contributed by atoms with E-state index < -0.39 is 0 Å². The SMILES string of the molecule is COc1ccccc1CCNC(C)c1ccsc1. The van der Waals surface area contributed by atoms with Crippen molar-refractivity contribution in [3.05, 3.63) is 52.2 Å². The van der Waals surface area contributed by atoms with Gasteiger partial charge in [0, 0.05) is 6.04 Å². The highest BCUT2D eigenvalue weighted by molar-refractivity contribution is 7.07. The molecule has 1 aromatic carbocycles. The number of hydrogen-bond acceptors (Lipinski definition) is 3. The van der Waals surface area contributed by atoms with Gasteiger partial charge in [0.25, 0.3) is 0 Å². The monoisotopic (exact) mass is 261 g/mol. The van der Waals surface area contributed by atoms with Crippen molar-refractivity contribution in [1.29, 1.82) is 0 Å². The van der Waals surface area contributed by atoms with Crippen LogP contribution in [0.3, 0.4) is 0 Å². The number of ether oxygens (including phenoxy) is 1. The summed E-state index contributed by atoms with van der Waals surface area (Å²) in [6.07, 6.45) is 0.985. The van der Waals surface area contributed by atoms with Crippen LogP contribution in [0.5, 0.6) is 5.75 Å². The minimum atomic E-state index is 0.408. The molecule has 0 amide bonds. The first-order valence-electron chi connectivity index (χ1n) is 6.18. The summed E-state index contributed by atoms with van der Waals surface area (Å²) in [7, 11) is 1.72. The molecule has 0 bridgehead atoms. The summed E-state index contributed by atoms with van der Waals surface area (Å²) >= 11 is 1.74. The molecular weight excluding hydrogens is 242 g/mol. The zero-order valence-electron chi connectivity index (χ0n) is 10.8. The molecule has 1 aromatic heterocycles. The van der Waals surface area contributed by atoms with Crippen LogP contribution in [-0.4, -0.2) is 13.7 Å². The Morgan fingerprint density at radius 2 is 2.11 bits per heavy atom. The normalized spacial score (nSPS) is 12.3. The number of nitrogens with one attached hydrogen (secondary N) is 1. The van der Waals surface area contributed by atoms with Gasteiger partial charge < -0.3 is 10.1 Å². The number of benzene rings is 1. The minimum Gasteiger partial charge on any atom is -0.496 e. The van der Waals surface area contributed by atoms with Gasteiger partial charge in [0.1, 0.15) is 5.75 Å². The van der Waals surface area contributed by atoms with E-state index in [9.17, 15) is 0 Å². The molecule has 1 unspecified atom stereocenters. The van der Waals surface area contributed by atoms with Crippen LogP contribution in [0.4, 0.5) is 0 Å². The average Bonchev–Trinajstić information content (AvgIpc) is 2.93. The van der Waals surface area contributed by atoms with Crippen LogP contribution in [0, 0.1) is 0 Å². The number of hydrogen-bond donors (Lipinski definition) is 1. The quantitative estimate of drug-likeness (QED) is 0.857. The molecule has 0 radical (unpaired) electrons. The molecule has 2 aromatic rings. The Kier molecular flexibility index (Phi) is 4.79. The van der Waals surface area contributed by atoms with Crippen molar-refractivity contribution in [2.75, 3.05) is 13.7 Å². The molecule has 18 heavy (non-hydrogen) atoms. The molecule has 1 N–H and O–H groups in total. The average molecular weight is 261 g/mol. The second-order valence-electron chi connectivity index (χ2n) is 4.29. The lowest BCUT2D eigenvalue weighted by molar-refractivity contribution is 0.408. The largest absolute Gasteiger partial charge is 0.496 e. The molecule has 0 fully saturated rings. The van der Waals surface area contributed by atoms with E-state index >= 15 is 0 Å². The highest BCUT2D eigenvalue weighted by atomic mass is 32.1. The summed E-state index contributed by atoms with van der Waals surface area (Å²) in [6.45, 7) is 3.15. The molecule has 0 aliphatic heterocycles. The fourth-order valence-corrected chi connectivity index (χ4v) is 2.73. The van der Waals surface area contributed by atoms with Gasteiger partial charge >= 0.3 is 0 Å². The molecule has 0 saturated heterocycles. The van der Waals surface area contributed by atoms with E-state index in [4.69, 9.17) is 4.74 Å². The van der Waals surface area contributed by atoms with Crippen molar-refractivity contribution in [3.63, 3.8) is 0 Å². The Morgan fingerprint density at radius 1 is 1.28 bits per heavy atom. The molecular formula is C15H19NOS. The van der Waals surface area contributed by atoms with Crippen molar-refractivity contribution < 1.29 is 4.74 Å². The maximum atomic E-state index is 5.35. The van der Waals surface area contributed by atoms with Crippen molar-refractivity contribution in [3.8, 4) is 5.75 Å². The molecule has 1 atom stereocenters. The summed E-state index contributed by atoms with van der Waals surface area (Å²) < 4.78 is 5.35. The van der Waals surface area contributed by atoms with Gasteiger partial charge in [0.05, 0.1) is 7.11 Å². The maximum absolute atomic E-state index is 5.35. The number of rotatable bonds is 6. The van der Waals surface area contributed by atoms with Gasteiger partial charge in [0.2, 0.25) is 0 Å². The molecule has 0 aliphatic carbocycles. The van der Waals surface area contributed by atoms with Crippen LogP contribution in [0.1, 0.15) is 24.1 Å². The van der Waals surface area contributed by atoms with E-state index in [0.717, 1.165) is 18.7 Å². The fraction of sp³-hybridized carbons (Fsp3) is 0.333. The summed E-state index contributed by atoms with van der Waals surface area (Å²) in [5.41, 5.74) is 2.62. The van der Waals surface area contributed by atoms with Crippen molar-refractivity contribution in [1.82, 2.24) is 5.32 Å². The van der Waals surface area contributed by atoms with Crippen molar-refractivity contribution in [2.45, 2.75) is 19.4 Å². The van der Waals surface area contributed by atoms with Crippen LogP contribution >= 0.6 is 11.3 Å². The highest BCUT2D eigenvalue weighted by Gasteiger charge is 2.06. The third-order valence-corrected chi connectivity index (χ3v) is 3.78. The Bertz CT molecular complexity index is 467. The number of para-hydroxylation sites is 1. The minimum absolute atomic E-state index is 0.408. The first-order valence-corrected chi connectivity index (χ1v) is 7.13. The molecule has 0 saturated carbocycles. The lowest BCUT2D eigenvalue weighted by Crippen LogP contribution is -2.21. The Morgan fingerprint density at radius 3 is 2.83 bits per heavy atom. The van der Waals surface area contributed by atoms with Gasteiger partial charge in [-0.1, -0.05) is 18.2 Å². The van der Waals surface area contributed by atoms with E-state index in [1.54, 1.807) is 18.4 Å². The summed E-state index contributed by atoms with van der Waals surface area (Å²) in [6, 6.07) is 10.8. The second-order valence-corrected chi connectivity index (χ2v) is 5.07. The summed E-state index contributed by atoms with van der Waals surface area (Å²) in [5, 5.41) is 7.85. The van der Waals surface area contributed by atoms with Gasteiger partial charge in [-0.05, 0) is 53.9 Å². The van der Waals surface area contributed by atoms with Crippen molar-refractivity contribution in [2.24, 2.45) is 0 Å². The molecule has 96 valence electrons. The van der Waals surface area contributed by atoms with Crippen molar-refractivity contribution >= 4 is 11.3 Å². The zero-order valence-corrected chi connectivity index (χ0v) is 11.7. The first-order chi connectivity index (χ1) is 8.81. The maximum Gasteiger partial charge on any atom is 0.122 e. The number of methoxy groups -OCH3 is 1. The van der Waals surface area contributed by atoms with Gasteiger partial charge in [-0.15, -0.1) is 0 Å². The molecule has 2 nitrogen and oxygen atoms in total. The van der Waals surface area contributed by atoms with E-state index in [-0.39, 0.29) is 0 Å². The van der Waals surface area contributed by atoms with Gasteiger partial charge in [-0.25, -0.2) is 0 Å². The highest BCUT2D eigenvalue weighted by Crippen LogP contribution is 2.18. The lowest BCUT2D eigenvalue weighted by Gasteiger charge is -2.13. The smallest absolute Gasteiger partial charge is 0.122 e. The Labute approximate surface area is 113 Å². The van der Waals surface area contributed by atoms with Gasteiger partial charge in [-0.3, -0.25) is 0 Å². The Hall–Kier alpha value is -1.32.